The summed E-state index contributed by atoms with van der Waals surface area (Å²) in [7, 11) is 2.11. The normalized spacial score (nSPS) is 11.8. The first kappa shape index (κ1) is 34.2. The number of halogens is 6. The van der Waals surface area contributed by atoms with E-state index < -0.39 is 24.3 Å². The van der Waals surface area contributed by atoms with Crippen LogP contribution in [0, 0.1) is 0 Å². The molecule has 1 heterocycles. The van der Waals surface area contributed by atoms with Crippen LogP contribution < -0.4 is 4.74 Å². The topological polar surface area (TPSA) is 125 Å². The third-order valence-electron chi connectivity index (χ3n) is 4.50. The largest absolute Gasteiger partial charge is 0.490 e. The van der Waals surface area contributed by atoms with Crippen LogP contribution in [-0.2, 0) is 20.9 Å². The van der Waals surface area contributed by atoms with Gasteiger partial charge in [0.2, 0.25) is 0 Å². The van der Waals surface area contributed by atoms with Crippen LogP contribution in [0.4, 0.5) is 26.3 Å². The minimum absolute atomic E-state index is 0.0846. The Labute approximate surface area is 225 Å². The van der Waals surface area contributed by atoms with E-state index in [0.29, 0.717) is 0 Å². The predicted octanol–water partition coefficient (Wildman–Crippen LogP) is 5.87. The fourth-order valence-corrected chi connectivity index (χ4v) is 2.67. The SMILES string of the molecule is CN(CCOC(C)(C)C)Cc1ccc(Oc2ccc3[nH]cnc3c2)cc1.O=C(O)C(F)(F)F.O=C(O)C(F)(F)F. The summed E-state index contributed by atoms with van der Waals surface area (Å²) in [4.78, 5) is 27.4. The number of rotatable bonds is 7. The standard InChI is InChI=1S/C21H27N3O2.2C2HF3O2/c1-21(2,3)25-12-11-24(4)14-16-5-7-17(8-6-16)26-18-9-10-19-20(13-18)23-15-22-19;2*3-2(4,5)1(6)7/h5-10,13,15H,11-12,14H2,1-4H3,(H,22,23);2*(H,6,7). The fraction of sp³-hybridized carbons (Fsp3) is 0.400. The number of fused-ring (bicyclic) bond motifs is 1. The highest BCUT2D eigenvalue weighted by atomic mass is 19.4. The van der Waals surface area contributed by atoms with E-state index in [1.165, 1.54) is 5.56 Å². The lowest BCUT2D eigenvalue weighted by Crippen LogP contribution is -2.28. The molecule has 0 fully saturated rings. The van der Waals surface area contributed by atoms with Gasteiger partial charge in [0, 0.05) is 19.2 Å². The van der Waals surface area contributed by atoms with Gasteiger partial charge in [0.25, 0.3) is 0 Å². The van der Waals surface area contributed by atoms with E-state index in [9.17, 15) is 26.3 Å². The number of nitrogens with zero attached hydrogens (tertiary/aromatic N) is 2. The maximum absolute atomic E-state index is 10.6. The van der Waals surface area contributed by atoms with Crippen LogP contribution in [0.1, 0.15) is 26.3 Å². The molecule has 1 aromatic heterocycles. The summed E-state index contributed by atoms with van der Waals surface area (Å²) in [6, 6.07) is 14.1. The van der Waals surface area contributed by atoms with E-state index in [0.717, 1.165) is 42.2 Å². The number of H-pyrrole nitrogens is 1. The number of aromatic nitrogens is 2. The van der Waals surface area contributed by atoms with Gasteiger partial charge >= 0.3 is 24.3 Å². The number of aliphatic carboxylic acids is 2. The number of hydrogen-bond acceptors (Lipinski definition) is 6. The summed E-state index contributed by atoms with van der Waals surface area (Å²) < 4.78 is 75.2. The molecule has 0 aliphatic rings. The summed E-state index contributed by atoms with van der Waals surface area (Å²) >= 11 is 0. The Balaban J connectivity index is 0.000000473. The number of likely N-dealkylation sites (N-methyl/N-ethyl adjacent to an activating group) is 1. The van der Waals surface area contributed by atoms with Crippen molar-refractivity contribution in [1.82, 2.24) is 14.9 Å². The summed E-state index contributed by atoms with van der Waals surface area (Å²) in [6.07, 6.45) is -8.48. The van der Waals surface area contributed by atoms with Gasteiger partial charge in [-0.1, -0.05) is 12.1 Å². The lowest BCUT2D eigenvalue weighted by molar-refractivity contribution is -0.193. The maximum Gasteiger partial charge on any atom is 0.490 e. The van der Waals surface area contributed by atoms with Crippen LogP contribution >= 0.6 is 0 Å². The number of nitrogens with one attached hydrogen (secondary N) is 1. The molecule has 0 saturated heterocycles. The molecule has 0 atom stereocenters. The van der Waals surface area contributed by atoms with E-state index in [1.807, 2.05) is 30.3 Å². The summed E-state index contributed by atoms with van der Waals surface area (Å²) in [5, 5.41) is 14.2. The van der Waals surface area contributed by atoms with Gasteiger partial charge in [0.1, 0.15) is 11.5 Å². The van der Waals surface area contributed by atoms with Gasteiger partial charge in [-0.3, -0.25) is 4.90 Å². The second-order valence-corrected chi connectivity index (χ2v) is 9.13. The molecule has 0 radical (unpaired) electrons. The zero-order valence-electron chi connectivity index (χ0n) is 21.9. The van der Waals surface area contributed by atoms with Crippen LogP contribution in [0.5, 0.6) is 11.5 Å². The zero-order valence-corrected chi connectivity index (χ0v) is 21.9. The molecule has 0 aliphatic heterocycles. The van der Waals surface area contributed by atoms with E-state index in [2.05, 4.69) is 54.8 Å². The molecule has 40 heavy (non-hydrogen) atoms. The number of hydrogen-bond donors (Lipinski definition) is 3. The Morgan fingerprint density at radius 2 is 1.40 bits per heavy atom. The minimum Gasteiger partial charge on any atom is -0.475 e. The van der Waals surface area contributed by atoms with Gasteiger partial charge in [0.15, 0.2) is 0 Å². The monoisotopic (exact) mass is 581 g/mol. The third kappa shape index (κ3) is 13.8. The predicted molar refractivity (Wildman–Crippen MR) is 132 cm³/mol. The van der Waals surface area contributed by atoms with Gasteiger partial charge in [-0.2, -0.15) is 26.3 Å². The highest BCUT2D eigenvalue weighted by Gasteiger charge is 2.38. The first-order valence-electron chi connectivity index (χ1n) is 11.4. The first-order valence-corrected chi connectivity index (χ1v) is 11.4. The molecule has 0 amide bonds. The third-order valence-corrected chi connectivity index (χ3v) is 4.50. The van der Waals surface area contributed by atoms with Gasteiger partial charge in [-0.15, -0.1) is 0 Å². The molecule has 15 heteroatoms. The molecule has 222 valence electrons. The molecule has 3 aromatic rings. The number of alkyl halides is 6. The van der Waals surface area contributed by atoms with Crippen LogP contribution in [0.25, 0.3) is 11.0 Å². The number of ether oxygens (including phenoxy) is 2. The first-order chi connectivity index (χ1) is 18.3. The highest BCUT2D eigenvalue weighted by molar-refractivity contribution is 5.76. The summed E-state index contributed by atoms with van der Waals surface area (Å²) in [5.74, 6) is -3.91. The molecule has 2 aromatic carbocycles. The number of benzene rings is 2. The van der Waals surface area contributed by atoms with E-state index in [1.54, 1.807) is 6.33 Å². The minimum atomic E-state index is -5.08. The van der Waals surface area contributed by atoms with Crippen molar-refractivity contribution in [1.29, 1.82) is 0 Å². The molecule has 3 N–H and O–H groups in total. The van der Waals surface area contributed by atoms with E-state index >= 15 is 0 Å². The summed E-state index contributed by atoms with van der Waals surface area (Å²) in [6.45, 7) is 8.75. The van der Waals surface area contributed by atoms with Crippen molar-refractivity contribution in [2.45, 2.75) is 45.3 Å². The number of aromatic amines is 1. The molecule has 0 unspecified atom stereocenters. The molecule has 0 spiro atoms. The second-order valence-electron chi connectivity index (χ2n) is 9.13. The average Bonchev–Trinajstić information content (AvgIpc) is 3.27. The Kier molecular flexibility index (Phi) is 12.4. The van der Waals surface area contributed by atoms with Crippen molar-refractivity contribution >= 4 is 23.0 Å². The lowest BCUT2D eigenvalue weighted by atomic mass is 10.2. The van der Waals surface area contributed by atoms with Crippen molar-refractivity contribution in [3.8, 4) is 11.5 Å². The maximum atomic E-state index is 10.6. The van der Waals surface area contributed by atoms with E-state index in [-0.39, 0.29) is 5.60 Å². The van der Waals surface area contributed by atoms with Crippen LogP contribution in [0.3, 0.4) is 0 Å². The molecular weight excluding hydrogens is 552 g/mol. The molecular formula is C25H29F6N3O6. The fourth-order valence-electron chi connectivity index (χ4n) is 2.67. The Morgan fingerprint density at radius 3 is 1.88 bits per heavy atom. The van der Waals surface area contributed by atoms with Crippen LogP contribution in [-0.4, -0.2) is 75.2 Å². The van der Waals surface area contributed by atoms with Crippen molar-refractivity contribution in [2.24, 2.45) is 0 Å². The van der Waals surface area contributed by atoms with Crippen LogP contribution in [0.15, 0.2) is 48.8 Å². The zero-order chi connectivity index (χ0) is 30.7. The second kappa shape index (κ2) is 14.5. The van der Waals surface area contributed by atoms with Crippen molar-refractivity contribution in [3.05, 3.63) is 54.4 Å². The molecule has 9 nitrogen and oxygen atoms in total. The quantitative estimate of drug-likeness (QED) is 0.296. The van der Waals surface area contributed by atoms with Crippen molar-refractivity contribution < 1.29 is 55.6 Å². The average molecular weight is 582 g/mol. The Morgan fingerprint density at radius 1 is 0.900 bits per heavy atom. The van der Waals surface area contributed by atoms with Gasteiger partial charge in [0.05, 0.1) is 29.6 Å². The van der Waals surface area contributed by atoms with E-state index in [4.69, 9.17) is 29.3 Å². The molecule has 3 rings (SSSR count). The molecule has 0 aliphatic carbocycles. The van der Waals surface area contributed by atoms with Gasteiger partial charge in [-0.05, 0) is 57.6 Å². The van der Waals surface area contributed by atoms with Crippen molar-refractivity contribution in [2.75, 3.05) is 20.2 Å². The van der Waals surface area contributed by atoms with Crippen molar-refractivity contribution in [3.63, 3.8) is 0 Å². The smallest absolute Gasteiger partial charge is 0.475 e. The van der Waals surface area contributed by atoms with Gasteiger partial charge < -0.3 is 24.7 Å². The molecule has 0 saturated carbocycles. The van der Waals surface area contributed by atoms with Gasteiger partial charge in [-0.25, -0.2) is 14.6 Å². The lowest BCUT2D eigenvalue weighted by Gasteiger charge is -2.22. The highest BCUT2D eigenvalue weighted by Crippen LogP contribution is 2.24. The number of carboxylic acids is 2. The van der Waals surface area contributed by atoms with Crippen LogP contribution in [0.2, 0.25) is 0 Å². The number of imidazole rings is 1. The Hall–Kier alpha value is -3.85. The Bertz CT molecular complexity index is 1200. The summed E-state index contributed by atoms with van der Waals surface area (Å²) in [5.41, 5.74) is 3.07. The number of carbonyl (C=O) groups is 2. The molecule has 0 bridgehead atoms. The number of carboxylic acid groups (broad SMARTS) is 2.